The van der Waals surface area contributed by atoms with Gasteiger partial charge in [-0.1, -0.05) is 18.2 Å². The molecule has 0 bridgehead atoms. The molecule has 0 radical (unpaired) electrons. The zero-order valence-electron chi connectivity index (χ0n) is 7.51. The van der Waals surface area contributed by atoms with E-state index >= 15 is 0 Å². The highest BCUT2D eigenvalue weighted by molar-refractivity contribution is 5.55. The van der Waals surface area contributed by atoms with Gasteiger partial charge in [0.1, 0.15) is 11.6 Å². The van der Waals surface area contributed by atoms with Crippen LogP contribution in [0.4, 0.5) is 17.3 Å². The van der Waals surface area contributed by atoms with Crippen molar-refractivity contribution in [2.45, 2.75) is 0 Å². The number of nitrogens with zero attached hydrogens (tertiary/aromatic N) is 2. The van der Waals surface area contributed by atoms with Gasteiger partial charge in [-0.3, -0.25) is 0 Å². The molecule has 4 heteroatoms. The Hall–Kier alpha value is -2.10. The second kappa shape index (κ2) is 3.74. The van der Waals surface area contributed by atoms with Crippen molar-refractivity contribution in [2.75, 3.05) is 11.1 Å². The molecule has 14 heavy (non-hydrogen) atoms. The summed E-state index contributed by atoms with van der Waals surface area (Å²) in [5.41, 5.74) is 6.40. The number of hydrogen-bond donors (Lipinski definition) is 2. The predicted molar refractivity (Wildman–Crippen MR) is 56.2 cm³/mol. The van der Waals surface area contributed by atoms with E-state index in [2.05, 4.69) is 15.3 Å². The number of anilines is 3. The van der Waals surface area contributed by atoms with E-state index < -0.39 is 0 Å². The van der Waals surface area contributed by atoms with Crippen molar-refractivity contribution in [3.63, 3.8) is 0 Å². The van der Waals surface area contributed by atoms with Gasteiger partial charge >= 0.3 is 0 Å². The Balaban J connectivity index is 2.16. The Morgan fingerprint density at radius 3 is 2.43 bits per heavy atom. The molecule has 0 amide bonds. The van der Waals surface area contributed by atoms with E-state index in [1.807, 2.05) is 30.3 Å². The predicted octanol–water partition coefficient (Wildman–Crippen LogP) is 1.80. The van der Waals surface area contributed by atoms with Gasteiger partial charge in [0.25, 0.3) is 0 Å². The number of aromatic nitrogens is 2. The highest BCUT2D eigenvalue weighted by Crippen LogP contribution is 2.12. The van der Waals surface area contributed by atoms with Crippen LogP contribution in [0.15, 0.2) is 42.7 Å². The topological polar surface area (TPSA) is 63.8 Å². The van der Waals surface area contributed by atoms with Crippen LogP contribution in [0.3, 0.4) is 0 Å². The van der Waals surface area contributed by atoms with Gasteiger partial charge in [-0.25, -0.2) is 9.97 Å². The third-order valence-electron chi connectivity index (χ3n) is 1.72. The zero-order valence-corrected chi connectivity index (χ0v) is 7.51. The van der Waals surface area contributed by atoms with Crippen LogP contribution >= 0.6 is 0 Å². The molecule has 0 spiro atoms. The van der Waals surface area contributed by atoms with Crippen LogP contribution in [-0.4, -0.2) is 9.97 Å². The lowest BCUT2D eigenvalue weighted by molar-refractivity contribution is 1.21. The van der Waals surface area contributed by atoms with Crippen LogP contribution in [0.1, 0.15) is 0 Å². The number of benzene rings is 1. The smallest absolute Gasteiger partial charge is 0.149 e. The van der Waals surface area contributed by atoms with Crippen molar-refractivity contribution in [3.8, 4) is 0 Å². The van der Waals surface area contributed by atoms with Crippen molar-refractivity contribution in [1.82, 2.24) is 9.97 Å². The van der Waals surface area contributed by atoms with Crippen molar-refractivity contribution < 1.29 is 0 Å². The molecule has 2 rings (SSSR count). The Kier molecular flexibility index (Phi) is 2.27. The van der Waals surface area contributed by atoms with Gasteiger partial charge in [0.05, 0.1) is 12.4 Å². The van der Waals surface area contributed by atoms with E-state index in [1.54, 1.807) is 6.20 Å². The lowest BCUT2D eigenvalue weighted by atomic mass is 10.3. The summed E-state index contributed by atoms with van der Waals surface area (Å²) < 4.78 is 0. The second-order valence-electron chi connectivity index (χ2n) is 2.82. The number of nitrogens with two attached hydrogens (primary N) is 1. The Bertz CT molecular complexity index is 396. The SMILES string of the molecule is Nc1cnc(Nc2ccccc2)cn1. The molecule has 0 fully saturated rings. The summed E-state index contributed by atoms with van der Waals surface area (Å²) in [4.78, 5) is 8.00. The van der Waals surface area contributed by atoms with E-state index in [0.717, 1.165) is 5.69 Å². The Morgan fingerprint density at radius 1 is 1.00 bits per heavy atom. The first-order valence-electron chi connectivity index (χ1n) is 4.24. The molecular formula is C10H10N4. The molecule has 0 atom stereocenters. The Labute approximate surface area is 81.8 Å². The van der Waals surface area contributed by atoms with Gasteiger partial charge in [-0.05, 0) is 12.1 Å². The molecule has 0 aliphatic heterocycles. The fourth-order valence-corrected chi connectivity index (χ4v) is 1.07. The average molecular weight is 186 g/mol. The summed E-state index contributed by atoms with van der Waals surface area (Å²) in [7, 11) is 0. The van der Waals surface area contributed by atoms with Crippen LogP contribution in [-0.2, 0) is 0 Å². The molecular weight excluding hydrogens is 176 g/mol. The van der Waals surface area contributed by atoms with Gasteiger partial charge in [0, 0.05) is 5.69 Å². The summed E-state index contributed by atoms with van der Waals surface area (Å²) in [6, 6.07) is 9.77. The molecule has 70 valence electrons. The summed E-state index contributed by atoms with van der Waals surface area (Å²) in [5, 5.41) is 3.10. The highest BCUT2D eigenvalue weighted by atomic mass is 15.0. The maximum Gasteiger partial charge on any atom is 0.149 e. The zero-order chi connectivity index (χ0) is 9.80. The van der Waals surface area contributed by atoms with E-state index in [1.165, 1.54) is 6.20 Å². The molecule has 0 aliphatic rings. The van der Waals surface area contributed by atoms with Crippen LogP contribution in [0.25, 0.3) is 0 Å². The maximum absolute atomic E-state index is 5.42. The van der Waals surface area contributed by atoms with Gasteiger partial charge in [0.2, 0.25) is 0 Å². The lowest BCUT2D eigenvalue weighted by Gasteiger charge is -2.03. The van der Waals surface area contributed by atoms with Crippen LogP contribution < -0.4 is 11.1 Å². The summed E-state index contributed by atoms with van der Waals surface area (Å²) >= 11 is 0. The maximum atomic E-state index is 5.42. The molecule has 3 N–H and O–H groups in total. The summed E-state index contributed by atoms with van der Waals surface area (Å²) in [6.45, 7) is 0. The van der Waals surface area contributed by atoms with Crippen LogP contribution in [0.2, 0.25) is 0 Å². The van der Waals surface area contributed by atoms with E-state index in [9.17, 15) is 0 Å². The molecule has 0 unspecified atom stereocenters. The molecule has 0 saturated heterocycles. The number of nitrogens with one attached hydrogen (secondary N) is 1. The Morgan fingerprint density at radius 2 is 1.79 bits per heavy atom. The van der Waals surface area contributed by atoms with E-state index in [0.29, 0.717) is 11.6 Å². The fraction of sp³-hybridized carbons (Fsp3) is 0. The monoisotopic (exact) mass is 186 g/mol. The normalized spacial score (nSPS) is 9.71. The first kappa shape index (κ1) is 8.50. The lowest BCUT2D eigenvalue weighted by Crippen LogP contribution is -1.96. The number of hydrogen-bond acceptors (Lipinski definition) is 4. The third-order valence-corrected chi connectivity index (χ3v) is 1.72. The second-order valence-corrected chi connectivity index (χ2v) is 2.82. The fourth-order valence-electron chi connectivity index (χ4n) is 1.07. The van der Waals surface area contributed by atoms with Gasteiger partial charge in [0.15, 0.2) is 0 Å². The molecule has 1 aromatic heterocycles. The minimum atomic E-state index is 0.420. The van der Waals surface area contributed by atoms with E-state index in [4.69, 9.17) is 5.73 Å². The third kappa shape index (κ3) is 1.98. The molecule has 1 heterocycles. The molecule has 2 aromatic rings. The first-order valence-corrected chi connectivity index (χ1v) is 4.24. The van der Waals surface area contributed by atoms with Gasteiger partial charge < -0.3 is 11.1 Å². The first-order chi connectivity index (χ1) is 6.84. The largest absolute Gasteiger partial charge is 0.382 e. The number of nitrogen functional groups attached to an aromatic ring is 1. The summed E-state index contributed by atoms with van der Waals surface area (Å²) in [6.07, 6.45) is 3.12. The van der Waals surface area contributed by atoms with Crippen molar-refractivity contribution in [2.24, 2.45) is 0 Å². The van der Waals surface area contributed by atoms with Crippen molar-refractivity contribution >= 4 is 17.3 Å². The summed E-state index contributed by atoms with van der Waals surface area (Å²) in [5.74, 6) is 1.11. The minimum Gasteiger partial charge on any atom is -0.382 e. The average Bonchev–Trinajstić information content (AvgIpc) is 2.23. The number of para-hydroxylation sites is 1. The molecule has 4 nitrogen and oxygen atoms in total. The minimum absolute atomic E-state index is 0.420. The van der Waals surface area contributed by atoms with Crippen molar-refractivity contribution in [1.29, 1.82) is 0 Å². The number of rotatable bonds is 2. The van der Waals surface area contributed by atoms with Gasteiger partial charge in [-0.2, -0.15) is 0 Å². The van der Waals surface area contributed by atoms with Crippen LogP contribution in [0, 0.1) is 0 Å². The highest BCUT2D eigenvalue weighted by Gasteiger charge is 1.94. The van der Waals surface area contributed by atoms with Gasteiger partial charge in [-0.15, -0.1) is 0 Å². The van der Waals surface area contributed by atoms with E-state index in [-0.39, 0.29) is 0 Å². The van der Waals surface area contributed by atoms with Crippen molar-refractivity contribution in [3.05, 3.63) is 42.7 Å². The molecule has 1 aromatic carbocycles. The van der Waals surface area contributed by atoms with Crippen LogP contribution in [0.5, 0.6) is 0 Å². The molecule has 0 aliphatic carbocycles. The quantitative estimate of drug-likeness (QED) is 0.750. The molecule has 0 saturated carbocycles. The standard InChI is InChI=1S/C10H10N4/c11-9-6-13-10(7-12-9)14-8-4-2-1-3-5-8/h1-7H,(H2,11,12)(H,13,14).